The molecule has 1 amide bonds. The Bertz CT molecular complexity index is 1180. The Balaban J connectivity index is 1.34. The zero-order valence-electron chi connectivity index (χ0n) is 17.0. The topological polar surface area (TPSA) is 49.6 Å². The Kier molecular flexibility index (Phi) is 4.79. The monoisotopic (exact) mass is 417 g/mol. The maximum absolute atomic E-state index is 13.2. The van der Waals surface area contributed by atoms with Crippen molar-refractivity contribution in [2.45, 2.75) is 32.5 Å². The maximum Gasteiger partial charge on any atom is 0.257 e. The Morgan fingerprint density at radius 3 is 2.87 bits per heavy atom. The number of anilines is 1. The lowest BCUT2D eigenvalue weighted by molar-refractivity contribution is 0.0782. The Morgan fingerprint density at radius 1 is 1.20 bits per heavy atom. The minimum absolute atomic E-state index is 0.0434. The second kappa shape index (κ2) is 7.61. The number of nitrogens with zero attached hydrogens (tertiary/aromatic N) is 3. The van der Waals surface area contributed by atoms with Crippen LogP contribution in [0.3, 0.4) is 0 Å². The van der Waals surface area contributed by atoms with Crippen LogP contribution in [-0.4, -0.2) is 28.9 Å². The van der Waals surface area contributed by atoms with Gasteiger partial charge < -0.3 is 14.2 Å². The van der Waals surface area contributed by atoms with Gasteiger partial charge in [-0.05, 0) is 43.2 Å². The predicted octanol–water partition coefficient (Wildman–Crippen LogP) is 5.11. The molecule has 0 saturated heterocycles. The van der Waals surface area contributed by atoms with Gasteiger partial charge in [0.2, 0.25) is 0 Å². The van der Waals surface area contributed by atoms with Crippen molar-refractivity contribution in [1.29, 1.82) is 0 Å². The Morgan fingerprint density at radius 2 is 2.00 bits per heavy atom. The molecule has 0 bridgehead atoms. The Labute approximate surface area is 179 Å². The first kappa shape index (κ1) is 18.9. The second-order valence-corrected chi connectivity index (χ2v) is 8.92. The van der Waals surface area contributed by atoms with Crippen LogP contribution in [0, 0.1) is 0 Å². The number of hydrogen-bond donors (Lipinski definition) is 0. The van der Waals surface area contributed by atoms with Crippen LogP contribution in [0.1, 0.15) is 33.6 Å². The molecule has 1 atom stereocenters. The molecule has 1 aliphatic heterocycles. The van der Waals surface area contributed by atoms with E-state index in [0.717, 1.165) is 21.6 Å². The first-order valence-electron chi connectivity index (χ1n) is 10.1. The lowest BCUT2D eigenvalue weighted by atomic mass is 10.1. The molecule has 6 heteroatoms. The first-order chi connectivity index (χ1) is 14.6. The van der Waals surface area contributed by atoms with Crippen LogP contribution in [0.25, 0.3) is 10.2 Å². The van der Waals surface area contributed by atoms with Crippen LogP contribution < -0.4 is 4.90 Å². The van der Waals surface area contributed by atoms with E-state index in [1.807, 2.05) is 25.2 Å². The maximum atomic E-state index is 13.2. The lowest BCUT2D eigenvalue weighted by Crippen LogP contribution is -2.31. The van der Waals surface area contributed by atoms with Gasteiger partial charge in [-0.25, -0.2) is 4.98 Å². The van der Waals surface area contributed by atoms with Gasteiger partial charge in [0.05, 0.1) is 35.1 Å². The van der Waals surface area contributed by atoms with Crippen LogP contribution >= 0.6 is 11.3 Å². The van der Waals surface area contributed by atoms with Gasteiger partial charge in [-0.2, -0.15) is 0 Å². The highest BCUT2D eigenvalue weighted by molar-refractivity contribution is 7.18. The Hall–Kier alpha value is -3.12. The number of thiazole rings is 1. The average Bonchev–Trinajstić information content (AvgIpc) is 3.45. The third kappa shape index (κ3) is 3.37. The normalized spacial score (nSPS) is 15.5. The van der Waals surface area contributed by atoms with Crippen LogP contribution in [0.15, 0.2) is 65.3 Å². The van der Waals surface area contributed by atoms with Crippen molar-refractivity contribution in [1.82, 2.24) is 9.88 Å². The molecule has 30 heavy (non-hydrogen) atoms. The highest BCUT2D eigenvalue weighted by Crippen LogP contribution is 2.34. The number of benzene rings is 2. The van der Waals surface area contributed by atoms with Gasteiger partial charge in [0.15, 0.2) is 0 Å². The molecule has 1 unspecified atom stereocenters. The zero-order chi connectivity index (χ0) is 20.7. The SMILES string of the molecule is CC1Cc2ccccc2N1Cc1occc1C(=O)N(C)Cc1nc2ccccc2s1. The van der Waals surface area contributed by atoms with E-state index >= 15 is 0 Å². The largest absolute Gasteiger partial charge is 0.467 e. The third-order valence-electron chi connectivity index (χ3n) is 5.70. The summed E-state index contributed by atoms with van der Waals surface area (Å²) in [5, 5.41) is 0.930. The van der Waals surface area contributed by atoms with Crippen LogP contribution in [0.5, 0.6) is 0 Å². The van der Waals surface area contributed by atoms with Crippen molar-refractivity contribution in [2.75, 3.05) is 11.9 Å². The number of carbonyl (C=O) groups is 1. The first-order valence-corrected chi connectivity index (χ1v) is 10.9. The number of fused-ring (bicyclic) bond motifs is 2. The fourth-order valence-electron chi connectivity index (χ4n) is 4.15. The molecule has 2 aromatic carbocycles. The van der Waals surface area contributed by atoms with Gasteiger partial charge >= 0.3 is 0 Å². The summed E-state index contributed by atoms with van der Waals surface area (Å²) in [5.74, 6) is 0.665. The predicted molar refractivity (Wildman–Crippen MR) is 120 cm³/mol. The van der Waals surface area contributed by atoms with Crippen molar-refractivity contribution in [3.63, 3.8) is 0 Å². The number of para-hydroxylation sites is 2. The molecule has 0 saturated carbocycles. The summed E-state index contributed by atoms with van der Waals surface area (Å²) in [6, 6.07) is 18.6. The van der Waals surface area contributed by atoms with Gasteiger partial charge in [-0.3, -0.25) is 4.79 Å². The van der Waals surface area contributed by atoms with Crippen molar-refractivity contribution in [2.24, 2.45) is 0 Å². The van der Waals surface area contributed by atoms with E-state index in [9.17, 15) is 4.79 Å². The lowest BCUT2D eigenvalue weighted by Gasteiger charge is -2.24. The van der Waals surface area contributed by atoms with Crippen LogP contribution in [-0.2, 0) is 19.5 Å². The minimum Gasteiger partial charge on any atom is -0.467 e. The molecule has 0 fully saturated rings. The summed E-state index contributed by atoms with van der Waals surface area (Å²) in [6.07, 6.45) is 2.62. The van der Waals surface area contributed by atoms with Crippen LogP contribution in [0.4, 0.5) is 5.69 Å². The molecular formula is C24H23N3O2S. The molecule has 0 aliphatic carbocycles. The molecule has 0 spiro atoms. The van der Waals surface area contributed by atoms with E-state index in [-0.39, 0.29) is 5.91 Å². The molecule has 4 aromatic rings. The van der Waals surface area contributed by atoms with Gasteiger partial charge in [0.1, 0.15) is 10.8 Å². The van der Waals surface area contributed by atoms with Crippen molar-refractivity contribution in [3.05, 3.63) is 82.8 Å². The molecule has 1 aliphatic rings. The molecule has 5 nitrogen and oxygen atoms in total. The molecule has 2 aromatic heterocycles. The van der Waals surface area contributed by atoms with E-state index in [1.165, 1.54) is 11.3 Å². The number of aromatic nitrogens is 1. The summed E-state index contributed by atoms with van der Waals surface area (Å²) < 4.78 is 6.90. The highest BCUT2D eigenvalue weighted by atomic mass is 32.1. The number of carbonyl (C=O) groups excluding carboxylic acids is 1. The van der Waals surface area contributed by atoms with E-state index in [4.69, 9.17) is 4.42 Å². The summed E-state index contributed by atoms with van der Waals surface area (Å²) in [7, 11) is 1.82. The number of furan rings is 1. The number of amides is 1. The smallest absolute Gasteiger partial charge is 0.257 e. The van der Waals surface area contributed by atoms with Gasteiger partial charge in [0, 0.05) is 18.8 Å². The second-order valence-electron chi connectivity index (χ2n) is 7.80. The molecule has 3 heterocycles. The van der Waals surface area contributed by atoms with E-state index < -0.39 is 0 Å². The van der Waals surface area contributed by atoms with E-state index in [2.05, 4.69) is 47.1 Å². The summed E-state index contributed by atoms with van der Waals surface area (Å²) >= 11 is 1.63. The van der Waals surface area contributed by atoms with Crippen molar-refractivity contribution in [3.8, 4) is 0 Å². The van der Waals surface area contributed by atoms with Gasteiger partial charge in [-0.1, -0.05) is 30.3 Å². The summed E-state index contributed by atoms with van der Waals surface area (Å²) in [5.41, 5.74) is 4.17. The highest BCUT2D eigenvalue weighted by Gasteiger charge is 2.28. The number of hydrogen-bond acceptors (Lipinski definition) is 5. The third-order valence-corrected chi connectivity index (χ3v) is 6.72. The summed E-state index contributed by atoms with van der Waals surface area (Å²) in [4.78, 5) is 21.9. The van der Waals surface area contributed by atoms with E-state index in [0.29, 0.717) is 30.5 Å². The summed E-state index contributed by atoms with van der Waals surface area (Å²) in [6.45, 7) is 3.27. The van der Waals surface area contributed by atoms with Crippen molar-refractivity contribution < 1.29 is 9.21 Å². The molecule has 5 rings (SSSR count). The van der Waals surface area contributed by atoms with Crippen molar-refractivity contribution >= 4 is 33.1 Å². The quantitative estimate of drug-likeness (QED) is 0.453. The molecular weight excluding hydrogens is 394 g/mol. The number of rotatable bonds is 5. The fourth-order valence-corrected chi connectivity index (χ4v) is 5.17. The molecule has 152 valence electrons. The standard InChI is InChI=1S/C24H23N3O2S/c1-16-13-17-7-3-5-9-20(17)27(16)14-21-18(11-12-29-21)24(28)26(2)15-23-25-19-8-4-6-10-22(19)30-23/h3-12,16H,13-15H2,1-2H3. The minimum atomic E-state index is -0.0434. The molecule has 0 N–H and O–H groups in total. The van der Waals surface area contributed by atoms with Gasteiger partial charge in [0.25, 0.3) is 5.91 Å². The van der Waals surface area contributed by atoms with Crippen LogP contribution in [0.2, 0.25) is 0 Å². The van der Waals surface area contributed by atoms with E-state index in [1.54, 1.807) is 28.6 Å². The zero-order valence-corrected chi connectivity index (χ0v) is 17.9. The fraction of sp³-hybridized carbons (Fsp3) is 0.250. The van der Waals surface area contributed by atoms with Gasteiger partial charge in [-0.15, -0.1) is 11.3 Å². The average molecular weight is 418 g/mol. The molecule has 0 radical (unpaired) electrons.